The molecule has 0 aromatic carbocycles. The summed E-state index contributed by atoms with van der Waals surface area (Å²) in [6.07, 6.45) is 3.09. The van der Waals surface area contributed by atoms with E-state index in [0.717, 1.165) is 32.5 Å². The van der Waals surface area contributed by atoms with E-state index < -0.39 is 11.5 Å². The van der Waals surface area contributed by atoms with Crippen molar-refractivity contribution in [3.63, 3.8) is 0 Å². The van der Waals surface area contributed by atoms with Crippen LogP contribution in [-0.2, 0) is 9.53 Å². The maximum Gasteiger partial charge on any atom is 0.323 e. The second-order valence-corrected chi connectivity index (χ2v) is 5.91. The molecular formula is C15H30N2O3. The number of rotatable bonds is 8. The first-order valence-corrected chi connectivity index (χ1v) is 7.77. The van der Waals surface area contributed by atoms with Gasteiger partial charge in [0.15, 0.2) is 0 Å². The van der Waals surface area contributed by atoms with Crippen LogP contribution in [0.15, 0.2) is 0 Å². The van der Waals surface area contributed by atoms with Gasteiger partial charge in [-0.25, -0.2) is 0 Å². The van der Waals surface area contributed by atoms with Crippen molar-refractivity contribution in [1.82, 2.24) is 10.2 Å². The number of nitrogens with zero attached hydrogens (tertiary/aromatic N) is 1. The predicted octanol–water partition coefficient (Wildman–Crippen LogP) is 1.72. The fourth-order valence-electron chi connectivity index (χ4n) is 3.06. The number of carboxylic acid groups (broad SMARTS) is 1. The minimum atomic E-state index is -0.842. The molecule has 0 saturated carbocycles. The monoisotopic (exact) mass is 286 g/mol. The molecule has 2 unspecified atom stereocenters. The molecule has 1 rings (SSSR count). The van der Waals surface area contributed by atoms with Gasteiger partial charge < -0.3 is 20.1 Å². The Morgan fingerprint density at radius 2 is 2.05 bits per heavy atom. The van der Waals surface area contributed by atoms with Gasteiger partial charge in [-0.3, -0.25) is 4.79 Å². The van der Waals surface area contributed by atoms with Crippen LogP contribution in [-0.4, -0.2) is 59.9 Å². The van der Waals surface area contributed by atoms with Crippen LogP contribution in [0.1, 0.15) is 47.0 Å². The van der Waals surface area contributed by atoms with Gasteiger partial charge in [-0.1, -0.05) is 6.92 Å². The number of hydrogen-bond donors (Lipinski definition) is 2. The molecule has 0 aliphatic carbocycles. The van der Waals surface area contributed by atoms with E-state index in [1.54, 1.807) is 6.92 Å². The summed E-state index contributed by atoms with van der Waals surface area (Å²) in [6.45, 7) is 11.3. The molecule has 1 aliphatic heterocycles. The Morgan fingerprint density at radius 3 is 2.50 bits per heavy atom. The summed E-state index contributed by atoms with van der Waals surface area (Å²) in [5, 5.41) is 12.5. The summed E-state index contributed by atoms with van der Waals surface area (Å²) < 4.78 is 5.66. The van der Waals surface area contributed by atoms with Crippen LogP contribution in [0.25, 0.3) is 0 Å². The van der Waals surface area contributed by atoms with Crippen molar-refractivity contribution < 1.29 is 14.6 Å². The number of carboxylic acids is 1. The number of aliphatic carboxylic acids is 1. The van der Waals surface area contributed by atoms with Crippen LogP contribution in [0, 0.1) is 0 Å². The van der Waals surface area contributed by atoms with E-state index in [2.05, 4.69) is 17.1 Å². The van der Waals surface area contributed by atoms with Crippen molar-refractivity contribution >= 4 is 5.97 Å². The number of carbonyl (C=O) groups is 1. The molecule has 0 aromatic heterocycles. The third kappa shape index (κ3) is 4.72. The first kappa shape index (κ1) is 17.4. The molecule has 0 spiro atoms. The summed E-state index contributed by atoms with van der Waals surface area (Å²) in [5.41, 5.74) is -0.842. The molecule has 20 heavy (non-hydrogen) atoms. The Labute approximate surface area is 122 Å². The highest BCUT2D eigenvalue weighted by Gasteiger charge is 2.36. The molecule has 2 atom stereocenters. The molecule has 5 nitrogen and oxygen atoms in total. The summed E-state index contributed by atoms with van der Waals surface area (Å²) in [7, 11) is 0. The zero-order chi connectivity index (χ0) is 15.2. The highest BCUT2D eigenvalue weighted by molar-refractivity contribution is 5.78. The molecular weight excluding hydrogens is 256 g/mol. The van der Waals surface area contributed by atoms with Gasteiger partial charge >= 0.3 is 5.97 Å². The summed E-state index contributed by atoms with van der Waals surface area (Å²) in [5.74, 6) is -0.768. The van der Waals surface area contributed by atoms with Crippen molar-refractivity contribution in [2.24, 2.45) is 0 Å². The van der Waals surface area contributed by atoms with Gasteiger partial charge in [-0.05, 0) is 46.6 Å². The van der Waals surface area contributed by atoms with Crippen molar-refractivity contribution in [3.05, 3.63) is 0 Å². The Balaban J connectivity index is 2.50. The van der Waals surface area contributed by atoms with Gasteiger partial charge in [0.25, 0.3) is 0 Å². The van der Waals surface area contributed by atoms with E-state index in [-0.39, 0.29) is 6.04 Å². The normalized spacial score (nSPS) is 22.4. The van der Waals surface area contributed by atoms with Gasteiger partial charge in [-0.15, -0.1) is 0 Å². The highest BCUT2D eigenvalue weighted by atomic mass is 16.5. The van der Waals surface area contributed by atoms with Crippen molar-refractivity contribution in [1.29, 1.82) is 0 Å². The van der Waals surface area contributed by atoms with Gasteiger partial charge in [-0.2, -0.15) is 0 Å². The van der Waals surface area contributed by atoms with Crippen molar-refractivity contribution in [2.45, 2.75) is 64.6 Å². The number of ether oxygens (including phenoxy) is 1. The second-order valence-electron chi connectivity index (χ2n) is 5.91. The molecule has 0 aromatic rings. The smallest absolute Gasteiger partial charge is 0.323 e. The van der Waals surface area contributed by atoms with Crippen molar-refractivity contribution in [3.8, 4) is 0 Å². The van der Waals surface area contributed by atoms with E-state index in [1.807, 2.05) is 13.8 Å². The van der Waals surface area contributed by atoms with Gasteiger partial charge in [0, 0.05) is 25.7 Å². The third-order valence-corrected chi connectivity index (χ3v) is 4.24. The Bertz CT molecular complexity index is 303. The van der Waals surface area contributed by atoms with Crippen LogP contribution in [0.5, 0.6) is 0 Å². The predicted molar refractivity (Wildman–Crippen MR) is 80.0 cm³/mol. The fraction of sp³-hybridized carbons (Fsp3) is 0.933. The summed E-state index contributed by atoms with van der Waals surface area (Å²) in [4.78, 5) is 13.8. The number of piperidine rings is 1. The topological polar surface area (TPSA) is 61.8 Å². The average molecular weight is 286 g/mol. The first-order chi connectivity index (χ1) is 9.42. The van der Waals surface area contributed by atoms with E-state index in [4.69, 9.17) is 4.74 Å². The molecule has 2 N–H and O–H groups in total. The quantitative estimate of drug-likeness (QED) is 0.711. The summed E-state index contributed by atoms with van der Waals surface area (Å²) in [6, 6.07) is 0.262. The van der Waals surface area contributed by atoms with Gasteiger partial charge in [0.05, 0.1) is 6.10 Å². The van der Waals surface area contributed by atoms with Crippen LogP contribution in [0.3, 0.4) is 0 Å². The lowest BCUT2D eigenvalue weighted by atomic mass is 9.91. The largest absolute Gasteiger partial charge is 0.480 e. The molecule has 0 radical (unpaired) electrons. The van der Waals surface area contributed by atoms with E-state index in [9.17, 15) is 9.90 Å². The van der Waals surface area contributed by atoms with Crippen LogP contribution in [0.2, 0.25) is 0 Å². The van der Waals surface area contributed by atoms with Gasteiger partial charge in [0.1, 0.15) is 5.54 Å². The van der Waals surface area contributed by atoms with Crippen LogP contribution >= 0.6 is 0 Å². The zero-order valence-electron chi connectivity index (χ0n) is 13.3. The van der Waals surface area contributed by atoms with E-state index in [0.29, 0.717) is 19.1 Å². The molecule has 1 saturated heterocycles. The molecule has 1 fully saturated rings. The number of likely N-dealkylation sites (N-methyl/N-ethyl adjacent to an activating group) is 1. The zero-order valence-corrected chi connectivity index (χ0v) is 13.3. The number of nitrogens with one attached hydrogen (secondary N) is 1. The second kappa shape index (κ2) is 7.96. The molecule has 1 aliphatic rings. The lowest BCUT2D eigenvalue weighted by Gasteiger charge is -2.39. The lowest BCUT2D eigenvalue weighted by molar-refractivity contribution is -0.145. The average Bonchev–Trinajstić information content (AvgIpc) is 2.40. The maximum atomic E-state index is 11.5. The van der Waals surface area contributed by atoms with Gasteiger partial charge in [0.2, 0.25) is 0 Å². The Hall–Kier alpha value is -0.650. The SMILES string of the molecule is CCNC(C)(CC(C)N1CCC(OCC)CC1)C(=O)O. The minimum Gasteiger partial charge on any atom is -0.480 e. The number of hydrogen-bond acceptors (Lipinski definition) is 4. The fourth-order valence-corrected chi connectivity index (χ4v) is 3.06. The molecule has 5 heteroatoms. The first-order valence-electron chi connectivity index (χ1n) is 7.77. The van der Waals surface area contributed by atoms with E-state index >= 15 is 0 Å². The highest BCUT2D eigenvalue weighted by Crippen LogP contribution is 2.21. The maximum absolute atomic E-state index is 11.5. The van der Waals surface area contributed by atoms with Crippen molar-refractivity contribution in [2.75, 3.05) is 26.2 Å². The van der Waals surface area contributed by atoms with Crippen LogP contribution in [0.4, 0.5) is 0 Å². The van der Waals surface area contributed by atoms with E-state index in [1.165, 1.54) is 0 Å². The summed E-state index contributed by atoms with van der Waals surface area (Å²) >= 11 is 0. The standard InChI is InChI=1S/C15H30N2O3/c1-5-16-15(4,14(18)19)11-12(3)17-9-7-13(8-10-17)20-6-2/h12-13,16H,5-11H2,1-4H3,(H,18,19). The van der Waals surface area contributed by atoms with Crippen LogP contribution < -0.4 is 5.32 Å². The minimum absolute atomic E-state index is 0.262. The Kier molecular flexibility index (Phi) is 6.92. The molecule has 118 valence electrons. The molecule has 1 heterocycles. The molecule has 0 amide bonds. The lowest BCUT2D eigenvalue weighted by Crippen LogP contribution is -2.54. The third-order valence-electron chi connectivity index (χ3n) is 4.24. The Morgan fingerprint density at radius 1 is 1.45 bits per heavy atom. The number of likely N-dealkylation sites (tertiary alicyclic amines) is 1. The molecule has 0 bridgehead atoms.